The average molecular weight is 388 g/mol. The number of nitro benzene ring substituents is 1. The van der Waals surface area contributed by atoms with E-state index in [9.17, 15) is 10.1 Å². The highest BCUT2D eigenvalue weighted by atomic mass is 79.9. The number of aromatic nitrogens is 1. The number of non-ortho nitro benzene ring substituents is 1. The van der Waals surface area contributed by atoms with Crippen LogP contribution in [-0.4, -0.2) is 9.91 Å². The van der Waals surface area contributed by atoms with Gasteiger partial charge in [0.15, 0.2) is 0 Å². The molecule has 0 saturated heterocycles. The summed E-state index contributed by atoms with van der Waals surface area (Å²) < 4.78 is 6.97. The molecular formula is C12H8Br2N2O3. The summed E-state index contributed by atoms with van der Waals surface area (Å²) in [6, 6.07) is 8.14. The summed E-state index contributed by atoms with van der Waals surface area (Å²) in [6.45, 7) is 0.251. The summed E-state index contributed by atoms with van der Waals surface area (Å²) in [5.41, 5.74) is 0.721. The molecule has 0 aliphatic carbocycles. The predicted octanol–water partition coefficient (Wildman–Crippen LogP) is 4.09. The van der Waals surface area contributed by atoms with E-state index >= 15 is 0 Å². The van der Waals surface area contributed by atoms with Crippen LogP contribution in [-0.2, 0) is 6.61 Å². The van der Waals surface area contributed by atoms with E-state index in [1.165, 1.54) is 12.1 Å². The molecule has 0 N–H and O–H groups in total. The lowest BCUT2D eigenvalue weighted by molar-refractivity contribution is -0.385. The maximum Gasteiger partial charge on any atom is 0.274 e. The van der Waals surface area contributed by atoms with E-state index in [1.54, 1.807) is 12.3 Å². The minimum atomic E-state index is -0.463. The zero-order valence-corrected chi connectivity index (χ0v) is 12.7. The van der Waals surface area contributed by atoms with Crippen molar-refractivity contribution in [3.05, 3.63) is 61.3 Å². The van der Waals surface area contributed by atoms with Crippen LogP contribution in [0.4, 0.5) is 5.69 Å². The highest BCUT2D eigenvalue weighted by Gasteiger charge is 2.09. The second kappa shape index (κ2) is 6.12. The SMILES string of the molecule is O=[N+]([O-])c1cc(Br)cc(OCc2ccc(Br)cn2)c1. The lowest BCUT2D eigenvalue weighted by Gasteiger charge is -2.06. The lowest BCUT2D eigenvalue weighted by atomic mass is 10.3. The van der Waals surface area contributed by atoms with Gasteiger partial charge < -0.3 is 4.74 Å². The van der Waals surface area contributed by atoms with Gasteiger partial charge in [-0.15, -0.1) is 0 Å². The van der Waals surface area contributed by atoms with Crippen LogP contribution in [0.5, 0.6) is 5.75 Å². The van der Waals surface area contributed by atoms with Crippen LogP contribution >= 0.6 is 31.9 Å². The Morgan fingerprint density at radius 3 is 2.63 bits per heavy atom. The van der Waals surface area contributed by atoms with Crippen molar-refractivity contribution >= 4 is 37.5 Å². The van der Waals surface area contributed by atoms with Crippen LogP contribution in [0.2, 0.25) is 0 Å². The molecule has 2 rings (SSSR count). The Kier molecular flexibility index (Phi) is 4.49. The fourth-order valence-corrected chi connectivity index (χ4v) is 2.08. The molecule has 5 nitrogen and oxygen atoms in total. The number of halogens is 2. The van der Waals surface area contributed by atoms with Gasteiger partial charge in [-0.3, -0.25) is 15.1 Å². The summed E-state index contributed by atoms with van der Waals surface area (Å²) in [7, 11) is 0. The van der Waals surface area contributed by atoms with Crippen LogP contribution in [0.3, 0.4) is 0 Å². The quantitative estimate of drug-likeness (QED) is 0.585. The molecular weight excluding hydrogens is 380 g/mol. The normalized spacial score (nSPS) is 10.2. The summed E-state index contributed by atoms with van der Waals surface area (Å²) >= 11 is 6.50. The molecule has 0 saturated carbocycles. The molecule has 0 aliphatic rings. The van der Waals surface area contributed by atoms with E-state index in [0.29, 0.717) is 10.2 Å². The first-order chi connectivity index (χ1) is 9.04. The van der Waals surface area contributed by atoms with Crippen molar-refractivity contribution in [2.75, 3.05) is 0 Å². The van der Waals surface area contributed by atoms with Crippen molar-refractivity contribution in [3.8, 4) is 5.75 Å². The van der Waals surface area contributed by atoms with Crippen molar-refractivity contribution < 1.29 is 9.66 Å². The standard InChI is InChI=1S/C12H8Br2N2O3/c13-8-1-2-10(15-6-8)7-19-12-4-9(14)3-11(5-12)16(17)18/h1-6H,7H2. The molecule has 7 heteroatoms. The van der Waals surface area contributed by atoms with Crippen LogP contribution in [0, 0.1) is 10.1 Å². The Morgan fingerprint density at radius 1 is 1.21 bits per heavy atom. The molecule has 1 aromatic heterocycles. The number of nitrogens with zero attached hydrogens (tertiary/aromatic N) is 2. The van der Waals surface area contributed by atoms with Gasteiger partial charge in [-0.05, 0) is 34.1 Å². The Labute approximate surface area is 126 Å². The first kappa shape index (κ1) is 14.0. The minimum absolute atomic E-state index is 0.0202. The van der Waals surface area contributed by atoms with Crippen molar-refractivity contribution in [2.24, 2.45) is 0 Å². The zero-order chi connectivity index (χ0) is 13.8. The van der Waals surface area contributed by atoms with Crippen LogP contribution in [0.25, 0.3) is 0 Å². The molecule has 19 heavy (non-hydrogen) atoms. The van der Waals surface area contributed by atoms with Gasteiger partial charge in [0.25, 0.3) is 5.69 Å². The smallest absolute Gasteiger partial charge is 0.274 e. The first-order valence-electron chi connectivity index (χ1n) is 5.23. The summed E-state index contributed by atoms with van der Waals surface area (Å²) in [5, 5.41) is 10.7. The van der Waals surface area contributed by atoms with Gasteiger partial charge in [0.1, 0.15) is 12.4 Å². The molecule has 0 spiro atoms. The average Bonchev–Trinajstić information content (AvgIpc) is 2.37. The van der Waals surface area contributed by atoms with Gasteiger partial charge >= 0.3 is 0 Å². The fourth-order valence-electron chi connectivity index (χ4n) is 1.39. The number of nitro groups is 1. The third-order valence-corrected chi connectivity index (χ3v) is 3.17. The van der Waals surface area contributed by atoms with Gasteiger partial charge in [-0.2, -0.15) is 0 Å². The van der Waals surface area contributed by atoms with Crippen molar-refractivity contribution in [3.63, 3.8) is 0 Å². The monoisotopic (exact) mass is 386 g/mol. The third-order valence-electron chi connectivity index (χ3n) is 2.24. The predicted molar refractivity (Wildman–Crippen MR) is 77.1 cm³/mol. The molecule has 0 aliphatic heterocycles. The second-order valence-electron chi connectivity index (χ2n) is 3.66. The first-order valence-corrected chi connectivity index (χ1v) is 6.81. The molecule has 0 fully saturated rings. The Hall–Kier alpha value is -1.47. The number of rotatable bonds is 4. The van der Waals surface area contributed by atoms with E-state index < -0.39 is 4.92 Å². The Bertz CT molecular complexity index is 602. The molecule has 0 bridgehead atoms. The number of ether oxygens (including phenoxy) is 1. The van der Waals surface area contributed by atoms with Gasteiger partial charge in [0.2, 0.25) is 0 Å². The van der Waals surface area contributed by atoms with Crippen molar-refractivity contribution in [2.45, 2.75) is 6.61 Å². The van der Waals surface area contributed by atoms with Crippen LogP contribution in [0.1, 0.15) is 5.69 Å². The summed E-state index contributed by atoms with van der Waals surface area (Å²) in [6.07, 6.45) is 1.67. The molecule has 98 valence electrons. The van der Waals surface area contributed by atoms with Crippen molar-refractivity contribution in [1.29, 1.82) is 0 Å². The fraction of sp³-hybridized carbons (Fsp3) is 0.0833. The van der Waals surface area contributed by atoms with E-state index in [-0.39, 0.29) is 12.3 Å². The van der Waals surface area contributed by atoms with E-state index in [2.05, 4.69) is 36.8 Å². The van der Waals surface area contributed by atoms with Crippen LogP contribution < -0.4 is 4.74 Å². The van der Waals surface area contributed by atoms with Gasteiger partial charge in [-0.1, -0.05) is 15.9 Å². The maximum absolute atomic E-state index is 10.7. The highest BCUT2D eigenvalue weighted by molar-refractivity contribution is 9.10. The van der Waals surface area contributed by atoms with Gasteiger partial charge in [0, 0.05) is 21.2 Å². The van der Waals surface area contributed by atoms with E-state index in [4.69, 9.17) is 4.74 Å². The topological polar surface area (TPSA) is 65.3 Å². The van der Waals surface area contributed by atoms with Crippen LogP contribution in [0.15, 0.2) is 45.5 Å². The Balaban J connectivity index is 2.11. The highest BCUT2D eigenvalue weighted by Crippen LogP contribution is 2.26. The number of pyridine rings is 1. The molecule has 0 amide bonds. The van der Waals surface area contributed by atoms with E-state index in [0.717, 1.165) is 10.2 Å². The molecule has 0 atom stereocenters. The molecule has 1 aromatic carbocycles. The molecule has 0 unspecified atom stereocenters. The molecule has 0 radical (unpaired) electrons. The minimum Gasteiger partial charge on any atom is -0.487 e. The Morgan fingerprint density at radius 2 is 2.00 bits per heavy atom. The lowest BCUT2D eigenvalue weighted by Crippen LogP contribution is -1.98. The second-order valence-corrected chi connectivity index (χ2v) is 5.49. The molecule has 1 heterocycles. The van der Waals surface area contributed by atoms with E-state index in [1.807, 2.05) is 12.1 Å². The van der Waals surface area contributed by atoms with Crippen molar-refractivity contribution in [1.82, 2.24) is 4.98 Å². The summed E-state index contributed by atoms with van der Waals surface area (Å²) in [5.74, 6) is 0.422. The number of hydrogen-bond acceptors (Lipinski definition) is 4. The maximum atomic E-state index is 10.7. The summed E-state index contributed by atoms with van der Waals surface area (Å²) in [4.78, 5) is 14.4. The zero-order valence-electron chi connectivity index (χ0n) is 9.55. The number of hydrogen-bond donors (Lipinski definition) is 0. The number of benzene rings is 1. The largest absolute Gasteiger partial charge is 0.487 e. The molecule has 2 aromatic rings. The van der Waals surface area contributed by atoms with Gasteiger partial charge in [0.05, 0.1) is 16.7 Å². The third kappa shape index (κ3) is 4.00. The van der Waals surface area contributed by atoms with Gasteiger partial charge in [-0.25, -0.2) is 0 Å².